The third kappa shape index (κ3) is 3.08. The van der Waals surface area contributed by atoms with Gasteiger partial charge in [-0.2, -0.15) is 13.5 Å². The standard InChI is InChI=1S/C12H16N2O3S/c1-9-3-5-12(6-4-9)18(15,16)14-13-11-7-10(2)17-8-11/h3-6,10,14H,7-8H2,1-2H3/b13-11-. The molecule has 18 heavy (non-hydrogen) atoms. The van der Waals surface area contributed by atoms with Crippen LogP contribution in [0.15, 0.2) is 34.3 Å². The molecule has 5 nitrogen and oxygen atoms in total. The van der Waals surface area contributed by atoms with Gasteiger partial charge in [0.2, 0.25) is 0 Å². The van der Waals surface area contributed by atoms with Gasteiger partial charge in [0, 0.05) is 6.42 Å². The van der Waals surface area contributed by atoms with Gasteiger partial charge in [0.25, 0.3) is 10.0 Å². The van der Waals surface area contributed by atoms with Crippen LogP contribution in [0, 0.1) is 6.92 Å². The number of aryl methyl sites for hydroxylation is 1. The Morgan fingerprint density at radius 1 is 1.33 bits per heavy atom. The van der Waals surface area contributed by atoms with E-state index in [9.17, 15) is 8.42 Å². The number of hydrogen-bond acceptors (Lipinski definition) is 4. The van der Waals surface area contributed by atoms with Gasteiger partial charge >= 0.3 is 0 Å². The van der Waals surface area contributed by atoms with Crippen molar-refractivity contribution in [1.82, 2.24) is 4.83 Å². The highest BCUT2D eigenvalue weighted by Crippen LogP contribution is 2.12. The van der Waals surface area contributed by atoms with Gasteiger partial charge in [-0.15, -0.1) is 0 Å². The monoisotopic (exact) mass is 268 g/mol. The summed E-state index contributed by atoms with van der Waals surface area (Å²) in [5.74, 6) is 0. The molecule has 1 atom stereocenters. The normalized spacial score (nSPS) is 22.3. The maximum Gasteiger partial charge on any atom is 0.276 e. The molecule has 1 saturated heterocycles. The lowest BCUT2D eigenvalue weighted by Gasteiger charge is -2.04. The first-order chi connectivity index (χ1) is 8.47. The summed E-state index contributed by atoms with van der Waals surface area (Å²) in [6, 6.07) is 6.63. The molecule has 1 aromatic rings. The molecule has 1 aliphatic rings. The van der Waals surface area contributed by atoms with E-state index in [1.165, 1.54) is 0 Å². The van der Waals surface area contributed by atoms with Crippen LogP contribution in [0.5, 0.6) is 0 Å². The highest BCUT2D eigenvalue weighted by Gasteiger charge is 2.18. The van der Waals surface area contributed by atoms with Gasteiger partial charge in [-0.05, 0) is 26.0 Å². The fraction of sp³-hybridized carbons (Fsp3) is 0.417. The molecule has 1 aromatic carbocycles. The van der Waals surface area contributed by atoms with Gasteiger partial charge in [0.15, 0.2) is 0 Å². The molecule has 1 fully saturated rings. The van der Waals surface area contributed by atoms with Crippen molar-refractivity contribution in [2.75, 3.05) is 6.61 Å². The number of rotatable bonds is 3. The maximum atomic E-state index is 11.9. The van der Waals surface area contributed by atoms with Gasteiger partial charge in [-0.25, -0.2) is 4.83 Å². The average Bonchev–Trinajstić information content (AvgIpc) is 2.73. The second-order valence-electron chi connectivity index (χ2n) is 4.41. The molecule has 0 saturated carbocycles. The third-order valence-electron chi connectivity index (χ3n) is 2.71. The first-order valence-corrected chi connectivity index (χ1v) is 7.21. The first kappa shape index (κ1) is 13.0. The number of benzene rings is 1. The van der Waals surface area contributed by atoms with Gasteiger partial charge in [0.05, 0.1) is 23.3 Å². The fourth-order valence-electron chi connectivity index (χ4n) is 1.66. The van der Waals surface area contributed by atoms with Gasteiger partial charge in [-0.1, -0.05) is 17.7 Å². The van der Waals surface area contributed by atoms with E-state index in [-0.39, 0.29) is 11.0 Å². The molecule has 0 aromatic heterocycles. The van der Waals surface area contributed by atoms with Crippen molar-refractivity contribution < 1.29 is 13.2 Å². The minimum absolute atomic E-state index is 0.104. The maximum absolute atomic E-state index is 11.9. The number of sulfonamides is 1. The van der Waals surface area contributed by atoms with Crippen LogP contribution < -0.4 is 4.83 Å². The number of nitrogens with one attached hydrogen (secondary N) is 1. The number of hydrogen-bond donors (Lipinski definition) is 1. The highest BCUT2D eigenvalue weighted by molar-refractivity contribution is 7.89. The molecule has 2 rings (SSSR count). The van der Waals surface area contributed by atoms with Gasteiger partial charge in [0.1, 0.15) is 0 Å². The van der Waals surface area contributed by atoms with Crippen molar-refractivity contribution in [2.45, 2.75) is 31.3 Å². The predicted molar refractivity (Wildman–Crippen MR) is 69.0 cm³/mol. The van der Waals surface area contributed by atoms with E-state index in [1.54, 1.807) is 24.3 Å². The molecule has 6 heteroatoms. The van der Waals surface area contributed by atoms with E-state index in [1.807, 2.05) is 13.8 Å². The average molecular weight is 268 g/mol. The quantitative estimate of drug-likeness (QED) is 0.843. The molecule has 0 spiro atoms. The molecule has 0 radical (unpaired) electrons. The zero-order valence-electron chi connectivity index (χ0n) is 10.4. The van der Waals surface area contributed by atoms with E-state index >= 15 is 0 Å². The summed E-state index contributed by atoms with van der Waals surface area (Å²) in [7, 11) is -3.58. The minimum Gasteiger partial charge on any atom is -0.372 e. The number of hydrazone groups is 1. The molecule has 0 aliphatic carbocycles. The predicted octanol–water partition coefficient (Wildman–Crippen LogP) is 1.44. The Morgan fingerprint density at radius 2 is 2.00 bits per heavy atom. The summed E-state index contributed by atoms with van der Waals surface area (Å²) in [6.07, 6.45) is 0.767. The van der Waals surface area contributed by atoms with Crippen LogP contribution in [0.25, 0.3) is 0 Å². The van der Waals surface area contributed by atoms with Crippen LogP contribution in [-0.2, 0) is 14.8 Å². The van der Waals surface area contributed by atoms with Crippen molar-refractivity contribution >= 4 is 15.7 Å². The molecule has 1 unspecified atom stereocenters. The summed E-state index contributed by atoms with van der Waals surface area (Å²) >= 11 is 0. The Hall–Kier alpha value is -1.40. The molecule has 0 bridgehead atoms. The van der Waals surface area contributed by atoms with E-state index in [0.717, 1.165) is 11.3 Å². The van der Waals surface area contributed by atoms with E-state index in [4.69, 9.17) is 4.74 Å². The fourth-order valence-corrected chi connectivity index (χ4v) is 2.51. The first-order valence-electron chi connectivity index (χ1n) is 5.73. The summed E-state index contributed by atoms with van der Waals surface area (Å²) in [5.41, 5.74) is 1.73. The Labute approximate surface area is 107 Å². The lowest BCUT2D eigenvalue weighted by Crippen LogP contribution is -2.20. The summed E-state index contributed by atoms with van der Waals surface area (Å²) in [6.45, 7) is 4.22. The van der Waals surface area contributed by atoms with Crippen molar-refractivity contribution in [3.63, 3.8) is 0 Å². The third-order valence-corrected chi connectivity index (χ3v) is 3.94. The highest BCUT2D eigenvalue weighted by atomic mass is 32.2. The lowest BCUT2D eigenvalue weighted by atomic mass is 10.2. The zero-order chi connectivity index (χ0) is 13.2. The Balaban J connectivity index is 2.10. The minimum atomic E-state index is -3.58. The van der Waals surface area contributed by atoms with Crippen molar-refractivity contribution in [1.29, 1.82) is 0 Å². The van der Waals surface area contributed by atoms with E-state index in [0.29, 0.717) is 13.0 Å². The second kappa shape index (κ2) is 5.07. The smallest absolute Gasteiger partial charge is 0.276 e. The van der Waals surface area contributed by atoms with Crippen LogP contribution in [0.2, 0.25) is 0 Å². The molecular formula is C12H16N2O3S. The van der Waals surface area contributed by atoms with Crippen LogP contribution in [0.3, 0.4) is 0 Å². The summed E-state index contributed by atoms with van der Waals surface area (Å²) in [4.78, 5) is 2.45. The molecule has 98 valence electrons. The van der Waals surface area contributed by atoms with Crippen LogP contribution in [-0.4, -0.2) is 26.8 Å². The Bertz CT molecular complexity index is 549. The van der Waals surface area contributed by atoms with Crippen LogP contribution in [0.4, 0.5) is 0 Å². The van der Waals surface area contributed by atoms with E-state index in [2.05, 4.69) is 9.93 Å². The Kier molecular flexibility index (Phi) is 3.68. The van der Waals surface area contributed by atoms with Gasteiger partial charge in [-0.3, -0.25) is 0 Å². The number of nitrogens with zero attached hydrogens (tertiary/aromatic N) is 1. The molecular weight excluding hydrogens is 252 g/mol. The zero-order valence-corrected chi connectivity index (χ0v) is 11.2. The summed E-state index contributed by atoms with van der Waals surface area (Å²) in [5, 5.41) is 3.90. The largest absolute Gasteiger partial charge is 0.372 e. The van der Waals surface area contributed by atoms with Crippen LogP contribution >= 0.6 is 0 Å². The summed E-state index contributed by atoms with van der Waals surface area (Å²) < 4.78 is 29.1. The lowest BCUT2D eigenvalue weighted by molar-refractivity contribution is 0.130. The molecule has 1 N–H and O–H groups in total. The number of ether oxygens (including phenoxy) is 1. The second-order valence-corrected chi connectivity index (χ2v) is 6.07. The van der Waals surface area contributed by atoms with Crippen LogP contribution in [0.1, 0.15) is 18.9 Å². The van der Waals surface area contributed by atoms with E-state index < -0.39 is 10.0 Å². The van der Waals surface area contributed by atoms with Crippen molar-refractivity contribution in [3.8, 4) is 0 Å². The topological polar surface area (TPSA) is 67.8 Å². The molecule has 1 aliphatic heterocycles. The van der Waals surface area contributed by atoms with Crippen molar-refractivity contribution in [3.05, 3.63) is 29.8 Å². The molecule has 0 amide bonds. The Morgan fingerprint density at radius 3 is 2.56 bits per heavy atom. The SMILES string of the molecule is Cc1ccc(S(=O)(=O)N/N=C2\COC(C)C2)cc1. The van der Waals surface area contributed by atoms with Crippen molar-refractivity contribution in [2.24, 2.45) is 5.10 Å². The van der Waals surface area contributed by atoms with Gasteiger partial charge < -0.3 is 4.74 Å². The molecule has 1 heterocycles.